The largest absolute Gasteiger partial charge is 0.478 e. The van der Waals surface area contributed by atoms with Gasteiger partial charge in [0.2, 0.25) is 0 Å². The molecule has 3 N–H and O–H groups in total. The smallest absolute Gasteiger partial charge is 0.335 e. The minimum Gasteiger partial charge on any atom is -0.478 e. The molecule has 0 bridgehead atoms. The van der Waals surface area contributed by atoms with E-state index in [1.54, 1.807) is 25.1 Å². The highest BCUT2D eigenvalue weighted by atomic mass is 19.1. The molecule has 0 saturated heterocycles. The Labute approximate surface area is 136 Å². The number of halogens is 1. The zero-order chi connectivity index (χ0) is 17.3. The van der Waals surface area contributed by atoms with Crippen LogP contribution in [0.2, 0.25) is 0 Å². The molecule has 3 aromatic rings. The fourth-order valence-electron chi connectivity index (χ4n) is 2.41. The van der Waals surface area contributed by atoms with Crippen molar-refractivity contribution in [2.75, 3.05) is 5.32 Å². The van der Waals surface area contributed by atoms with Gasteiger partial charge in [0.1, 0.15) is 11.2 Å². The van der Waals surface area contributed by atoms with Crippen molar-refractivity contribution in [1.82, 2.24) is 9.97 Å². The number of benzene rings is 2. The molecule has 0 spiro atoms. The first-order valence-electron chi connectivity index (χ1n) is 7.21. The van der Waals surface area contributed by atoms with E-state index < -0.39 is 17.3 Å². The van der Waals surface area contributed by atoms with Crippen LogP contribution in [0.1, 0.15) is 21.7 Å². The average Bonchev–Trinajstić information content (AvgIpc) is 2.54. The normalized spacial score (nSPS) is 10.8. The van der Waals surface area contributed by atoms with Crippen LogP contribution in [0.4, 0.5) is 10.1 Å². The number of rotatable bonds is 4. The first-order chi connectivity index (χ1) is 11.5. The van der Waals surface area contributed by atoms with Crippen LogP contribution in [0.3, 0.4) is 0 Å². The lowest BCUT2D eigenvalue weighted by Gasteiger charge is -2.09. The molecule has 0 atom stereocenters. The summed E-state index contributed by atoms with van der Waals surface area (Å²) in [5, 5.41) is 11.7. The number of hydrogen-bond acceptors (Lipinski definition) is 4. The zero-order valence-corrected chi connectivity index (χ0v) is 12.8. The molecule has 3 rings (SSSR count). The molecule has 1 aromatic heterocycles. The molecule has 0 fully saturated rings. The molecule has 122 valence electrons. The summed E-state index contributed by atoms with van der Waals surface area (Å²) in [5.74, 6) is -1.24. The monoisotopic (exact) mass is 327 g/mol. The van der Waals surface area contributed by atoms with Crippen molar-refractivity contribution >= 4 is 22.6 Å². The van der Waals surface area contributed by atoms with Crippen LogP contribution in [-0.2, 0) is 6.54 Å². The van der Waals surface area contributed by atoms with E-state index in [1.807, 2.05) is 0 Å². The Morgan fingerprint density at radius 2 is 1.96 bits per heavy atom. The number of H-pyrrole nitrogens is 1. The summed E-state index contributed by atoms with van der Waals surface area (Å²) >= 11 is 0. The van der Waals surface area contributed by atoms with Crippen LogP contribution in [-0.4, -0.2) is 21.0 Å². The highest BCUT2D eigenvalue weighted by Gasteiger charge is 2.12. The summed E-state index contributed by atoms with van der Waals surface area (Å²) in [4.78, 5) is 29.3. The van der Waals surface area contributed by atoms with Gasteiger partial charge in [-0.15, -0.1) is 0 Å². The maximum absolute atomic E-state index is 14.5. The number of nitrogens with zero attached hydrogens (tertiary/aromatic N) is 1. The molecule has 0 aliphatic carbocycles. The predicted octanol–water partition coefficient (Wildman–Crippen LogP) is 2.68. The van der Waals surface area contributed by atoms with Crippen molar-refractivity contribution in [3.63, 3.8) is 0 Å². The predicted molar refractivity (Wildman–Crippen MR) is 87.8 cm³/mol. The number of aromatic amines is 1. The molecule has 0 aliphatic rings. The topological polar surface area (TPSA) is 95.1 Å². The number of carbonyl (C=O) groups is 1. The first kappa shape index (κ1) is 15.7. The van der Waals surface area contributed by atoms with Crippen molar-refractivity contribution in [3.8, 4) is 0 Å². The Kier molecular flexibility index (Phi) is 3.99. The highest BCUT2D eigenvalue weighted by molar-refractivity contribution is 5.87. The number of carboxylic acids is 1. The van der Waals surface area contributed by atoms with Gasteiger partial charge in [-0.2, -0.15) is 0 Å². The minimum absolute atomic E-state index is 0.0909. The molecular formula is C17H14FN3O3. The molecule has 6 nitrogen and oxygen atoms in total. The second-order valence-corrected chi connectivity index (χ2v) is 5.33. The van der Waals surface area contributed by atoms with Crippen molar-refractivity contribution in [2.24, 2.45) is 0 Å². The lowest BCUT2D eigenvalue weighted by Crippen LogP contribution is -2.13. The third-order valence-electron chi connectivity index (χ3n) is 3.61. The van der Waals surface area contributed by atoms with Crippen LogP contribution >= 0.6 is 0 Å². The molecule has 0 aliphatic heterocycles. The van der Waals surface area contributed by atoms with Gasteiger partial charge in [0.05, 0.1) is 16.8 Å². The van der Waals surface area contributed by atoms with E-state index >= 15 is 0 Å². The van der Waals surface area contributed by atoms with Gasteiger partial charge >= 0.3 is 5.97 Å². The summed E-state index contributed by atoms with van der Waals surface area (Å²) in [5.41, 5.74) is 0.926. The van der Waals surface area contributed by atoms with E-state index in [0.717, 1.165) is 5.56 Å². The van der Waals surface area contributed by atoms with E-state index in [1.165, 1.54) is 18.2 Å². The SMILES string of the molecule is Cc1nc2ccc(NCc3ccc(C(=O)O)cc3)c(F)c2c(=O)[nH]1. The van der Waals surface area contributed by atoms with E-state index in [9.17, 15) is 14.0 Å². The molecule has 0 amide bonds. The van der Waals surface area contributed by atoms with E-state index in [-0.39, 0.29) is 16.6 Å². The number of aromatic carboxylic acids is 1. The van der Waals surface area contributed by atoms with E-state index in [4.69, 9.17) is 5.11 Å². The van der Waals surface area contributed by atoms with E-state index in [0.29, 0.717) is 17.9 Å². The maximum atomic E-state index is 14.5. The fourth-order valence-corrected chi connectivity index (χ4v) is 2.41. The number of anilines is 1. The molecule has 7 heteroatoms. The molecular weight excluding hydrogens is 313 g/mol. The van der Waals surface area contributed by atoms with Crippen LogP contribution in [0.15, 0.2) is 41.2 Å². The summed E-state index contributed by atoms with van der Waals surface area (Å²) in [6, 6.07) is 9.35. The van der Waals surface area contributed by atoms with Crippen LogP contribution in [0.25, 0.3) is 10.9 Å². The Hall–Kier alpha value is -3.22. The van der Waals surface area contributed by atoms with Crippen molar-refractivity contribution < 1.29 is 14.3 Å². The second kappa shape index (κ2) is 6.11. The Morgan fingerprint density at radius 3 is 2.62 bits per heavy atom. The van der Waals surface area contributed by atoms with Crippen LogP contribution in [0.5, 0.6) is 0 Å². The molecule has 0 radical (unpaired) electrons. The van der Waals surface area contributed by atoms with Gasteiger partial charge in [-0.05, 0) is 36.8 Å². The molecule has 0 unspecified atom stereocenters. The first-order valence-corrected chi connectivity index (χ1v) is 7.21. The van der Waals surface area contributed by atoms with Crippen molar-refractivity contribution in [2.45, 2.75) is 13.5 Å². The number of carboxylic acid groups (broad SMARTS) is 1. The Bertz CT molecular complexity index is 981. The van der Waals surface area contributed by atoms with Gasteiger partial charge in [0.25, 0.3) is 5.56 Å². The second-order valence-electron chi connectivity index (χ2n) is 5.33. The van der Waals surface area contributed by atoms with Gasteiger partial charge in [0, 0.05) is 6.54 Å². The summed E-state index contributed by atoms with van der Waals surface area (Å²) in [6.07, 6.45) is 0. The average molecular weight is 327 g/mol. The lowest BCUT2D eigenvalue weighted by atomic mass is 10.1. The third kappa shape index (κ3) is 2.96. The number of aryl methyl sites for hydroxylation is 1. The molecule has 24 heavy (non-hydrogen) atoms. The summed E-state index contributed by atoms with van der Waals surface area (Å²) in [6.45, 7) is 1.92. The van der Waals surface area contributed by atoms with E-state index in [2.05, 4.69) is 15.3 Å². The standard InChI is InChI=1S/C17H14FN3O3/c1-9-20-12-6-7-13(15(18)14(12)16(22)21-9)19-8-10-2-4-11(5-3-10)17(23)24/h2-7,19H,8H2,1H3,(H,23,24)(H,20,21,22). The van der Waals surface area contributed by atoms with Gasteiger partial charge in [-0.25, -0.2) is 14.2 Å². The van der Waals surface area contributed by atoms with Gasteiger partial charge < -0.3 is 15.4 Å². The number of nitrogens with one attached hydrogen (secondary N) is 2. The molecule has 2 aromatic carbocycles. The Morgan fingerprint density at radius 1 is 1.25 bits per heavy atom. The van der Waals surface area contributed by atoms with Crippen molar-refractivity contribution in [1.29, 1.82) is 0 Å². The lowest BCUT2D eigenvalue weighted by molar-refractivity contribution is 0.0697. The quantitative estimate of drug-likeness (QED) is 0.685. The van der Waals surface area contributed by atoms with Gasteiger partial charge in [0.15, 0.2) is 5.82 Å². The minimum atomic E-state index is -1.00. The zero-order valence-electron chi connectivity index (χ0n) is 12.8. The fraction of sp³-hybridized carbons (Fsp3) is 0.118. The van der Waals surface area contributed by atoms with Crippen LogP contribution < -0.4 is 10.9 Å². The Balaban J connectivity index is 1.86. The van der Waals surface area contributed by atoms with Gasteiger partial charge in [-0.3, -0.25) is 4.79 Å². The number of hydrogen-bond donors (Lipinski definition) is 3. The number of aromatic nitrogens is 2. The maximum Gasteiger partial charge on any atom is 0.335 e. The molecule has 1 heterocycles. The van der Waals surface area contributed by atoms with Crippen LogP contribution in [0, 0.1) is 12.7 Å². The highest BCUT2D eigenvalue weighted by Crippen LogP contribution is 2.21. The van der Waals surface area contributed by atoms with Gasteiger partial charge in [-0.1, -0.05) is 12.1 Å². The molecule has 0 saturated carbocycles. The third-order valence-corrected chi connectivity index (χ3v) is 3.61. The summed E-state index contributed by atoms with van der Waals surface area (Å²) in [7, 11) is 0. The number of fused-ring (bicyclic) bond motifs is 1. The summed E-state index contributed by atoms with van der Waals surface area (Å²) < 4.78 is 14.5. The van der Waals surface area contributed by atoms with Crippen molar-refractivity contribution in [3.05, 3.63) is 69.5 Å².